The molecule has 224 valence electrons. The molecule has 3 atom stereocenters. The van der Waals surface area contributed by atoms with Gasteiger partial charge in [0.05, 0.1) is 12.5 Å². The molecular formula is C32H36ClF2N3O4. The number of carboxylic acid groups (broad SMARTS) is 1. The van der Waals surface area contributed by atoms with Gasteiger partial charge in [-0.3, -0.25) is 24.3 Å². The first-order valence-electron chi connectivity index (χ1n) is 14.2. The van der Waals surface area contributed by atoms with Gasteiger partial charge >= 0.3 is 5.97 Å². The lowest BCUT2D eigenvalue weighted by molar-refractivity contribution is -0.137. The van der Waals surface area contributed by atoms with Crippen LogP contribution in [0, 0.1) is 12.8 Å². The number of nitrogens with zero attached hydrogens (tertiary/aromatic N) is 3. The fraction of sp³-hybridized carbons (Fsp3) is 0.438. The van der Waals surface area contributed by atoms with Crippen LogP contribution in [0.15, 0.2) is 59.8 Å². The first-order valence-corrected chi connectivity index (χ1v) is 14.5. The van der Waals surface area contributed by atoms with Crippen LogP contribution in [-0.2, 0) is 9.59 Å². The van der Waals surface area contributed by atoms with Crippen LogP contribution in [0.3, 0.4) is 0 Å². The van der Waals surface area contributed by atoms with E-state index >= 15 is 0 Å². The molecule has 4 rings (SSSR count). The van der Waals surface area contributed by atoms with E-state index in [4.69, 9.17) is 11.6 Å². The third-order valence-electron chi connectivity index (χ3n) is 7.86. The van der Waals surface area contributed by atoms with E-state index in [0.29, 0.717) is 35.7 Å². The highest BCUT2D eigenvalue weighted by Crippen LogP contribution is 2.35. The summed E-state index contributed by atoms with van der Waals surface area (Å²) in [5.41, 5.74) is 2.28. The number of rotatable bonds is 13. The molecule has 1 fully saturated rings. The van der Waals surface area contributed by atoms with Crippen LogP contribution in [0.25, 0.3) is 11.1 Å². The van der Waals surface area contributed by atoms with Gasteiger partial charge in [-0.1, -0.05) is 43.6 Å². The molecule has 0 radical (unpaired) electrons. The van der Waals surface area contributed by atoms with Gasteiger partial charge in [-0.05, 0) is 55.0 Å². The van der Waals surface area contributed by atoms with Gasteiger partial charge in [0.25, 0.3) is 12.0 Å². The van der Waals surface area contributed by atoms with Gasteiger partial charge < -0.3 is 9.67 Å². The highest BCUT2D eigenvalue weighted by atomic mass is 35.5. The zero-order chi connectivity index (χ0) is 30.6. The normalized spacial score (nSPS) is 15.8. The summed E-state index contributed by atoms with van der Waals surface area (Å²) in [7, 11) is 0. The van der Waals surface area contributed by atoms with Crippen LogP contribution in [0.1, 0.15) is 74.2 Å². The minimum Gasteiger partial charge on any atom is -0.481 e. The molecule has 0 bridgehead atoms. The van der Waals surface area contributed by atoms with Crippen LogP contribution in [-0.4, -0.2) is 50.8 Å². The molecule has 1 N–H and O–H groups in total. The summed E-state index contributed by atoms with van der Waals surface area (Å²) in [5, 5.41) is 10.2. The lowest BCUT2D eigenvalue weighted by Crippen LogP contribution is -2.46. The van der Waals surface area contributed by atoms with E-state index < -0.39 is 36.0 Å². The van der Waals surface area contributed by atoms with Crippen molar-refractivity contribution in [2.45, 2.75) is 70.9 Å². The van der Waals surface area contributed by atoms with Crippen LogP contribution < -0.4 is 5.56 Å². The topological polar surface area (TPSA) is 92.5 Å². The summed E-state index contributed by atoms with van der Waals surface area (Å²) < 4.78 is 29.5. The third kappa shape index (κ3) is 7.13. The second kappa shape index (κ2) is 13.7. The fourth-order valence-corrected chi connectivity index (χ4v) is 6.00. The Kier molecular flexibility index (Phi) is 10.3. The molecule has 1 aliphatic heterocycles. The summed E-state index contributed by atoms with van der Waals surface area (Å²) in [6, 6.07) is 7.97. The second-order valence-corrected chi connectivity index (χ2v) is 11.8. The fourth-order valence-electron chi connectivity index (χ4n) is 5.67. The van der Waals surface area contributed by atoms with Crippen molar-refractivity contribution in [2.24, 2.45) is 5.92 Å². The van der Waals surface area contributed by atoms with Crippen molar-refractivity contribution in [3.63, 3.8) is 0 Å². The number of aromatic nitrogens is 2. The van der Waals surface area contributed by atoms with Crippen LogP contribution in [0.5, 0.6) is 0 Å². The van der Waals surface area contributed by atoms with E-state index in [9.17, 15) is 28.3 Å². The predicted octanol–water partition coefficient (Wildman–Crippen LogP) is 6.69. The average molecular weight is 600 g/mol. The number of ketones is 1. The lowest BCUT2D eigenvalue weighted by atomic mass is 9.86. The highest BCUT2D eigenvalue weighted by Gasteiger charge is 2.36. The minimum absolute atomic E-state index is 0.00176. The number of carboxylic acids is 1. The first kappa shape index (κ1) is 31.5. The third-order valence-corrected chi connectivity index (χ3v) is 8.17. The van der Waals surface area contributed by atoms with Crippen LogP contribution in [0.4, 0.5) is 8.78 Å². The van der Waals surface area contributed by atoms with Gasteiger partial charge in [0, 0.05) is 65.7 Å². The van der Waals surface area contributed by atoms with Crippen LogP contribution in [0.2, 0.25) is 5.02 Å². The van der Waals surface area contributed by atoms with Crippen molar-refractivity contribution in [2.75, 3.05) is 13.1 Å². The van der Waals surface area contributed by atoms with Crippen molar-refractivity contribution in [3.05, 3.63) is 87.1 Å². The monoisotopic (exact) mass is 599 g/mol. The van der Waals surface area contributed by atoms with Crippen molar-refractivity contribution < 1.29 is 23.5 Å². The Morgan fingerprint density at radius 2 is 1.83 bits per heavy atom. The SMILES string of the molecule is Cc1cccc(Cl)c1-c1cncc([C@H](CC(=O)O)CC(=O)[C@H](CC(C)C)n2cccc(C(C(F)F)N3CCC3)c2=O)c1. The quantitative estimate of drug-likeness (QED) is 0.235. The van der Waals surface area contributed by atoms with Gasteiger partial charge in [-0.15, -0.1) is 0 Å². The molecule has 0 saturated carbocycles. The molecule has 1 aromatic carbocycles. The Morgan fingerprint density at radius 1 is 1.10 bits per heavy atom. The molecule has 1 aliphatic rings. The number of carbonyl (C=O) groups excluding carboxylic acids is 1. The number of halogens is 3. The molecule has 1 unspecified atom stereocenters. The number of alkyl halides is 2. The molecule has 0 aliphatic carbocycles. The van der Waals surface area contributed by atoms with Gasteiger partial charge in [0.15, 0.2) is 5.78 Å². The highest BCUT2D eigenvalue weighted by molar-refractivity contribution is 6.33. The summed E-state index contributed by atoms with van der Waals surface area (Å²) in [4.78, 5) is 45.3. The minimum atomic E-state index is -2.76. The number of aryl methyl sites for hydroxylation is 1. The molecule has 2 aromatic heterocycles. The van der Waals surface area contributed by atoms with Gasteiger partial charge in [-0.25, -0.2) is 8.78 Å². The van der Waals surface area contributed by atoms with Crippen molar-refractivity contribution in [3.8, 4) is 11.1 Å². The standard InChI is InChI=1S/C32H36ClF2N3O4/c1-19(2)13-26(38-12-5-8-24(32(38)42)30(31(34)35)37-10-6-11-37)27(39)15-21(16-28(40)41)22-14-23(18-36-17-22)29-20(3)7-4-9-25(29)33/h4-5,7-9,12,14,17-19,21,26,30-31H,6,10-11,13,15-16H2,1-3H3,(H,40,41)/t21-,26-,30?/m0/s1. The number of Topliss-reactive ketones (excluding diaryl/α,β-unsaturated/α-hetero) is 1. The Balaban J connectivity index is 1.70. The largest absolute Gasteiger partial charge is 0.481 e. The number of benzene rings is 1. The summed E-state index contributed by atoms with van der Waals surface area (Å²) in [6.07, 6.45) is 2.47. The molecule has 0 spiro atoms. The summed E-state index contributed by atoms with van der Waals surface area (Å²) in [5.74, 6) is -2.15. The maximum atomic E-state index is 14.1. The Bertz CT molecular complexity index is 1470. The smallest absolute Gasteiger partial charge is 0.303 e. The van der Waals surface area contributed by atoms with Crippen molar-refractivity contribution in [1.82, 2.24) is 14.5 Å². The Labute approximate surface area is 249 Å². The summed E-state index contributed by atoms with van der Waals surface area (Å²) >= 11 is 6.47. The Hall–Kier alpha value is -3.43. The number of hydrogen-bond acceptors (Lipinski definition) is 5. The van der Waals surface area contributed by atoms with Crippen LogP contribution >= 0.6 is 11.6 Å². The molecule has 7 nitrogen and oxygen atoms in total. The van der Waals surface area contributed by atoms with Crippen molar-refractivity contribution >= 4 is 23.4 Å². The zero-order valence-electron chi connectivity index (χ0n) is 24.0. The number of pyridine rings is 2. The maximum absolute atomic E-state index is 14.1. The lowest BCUT2D eigenvalue weighted by Gasteiger charge is -2.38. The maximum Gasteiger partial charge on any atom is 0.303 e. The summed E-state index contributed by atoms with van der Waals surface area (Å²) in [6.45, 7) is 6.69. The molecule has 0 amide bonds. The van der Waals surface area contributed by atoms with E-state index in [-0.39, 0.29) is 30.1 Å². The first-order chi connectivity index (χ1) is 20.0. The van der Waals surface area contributed by atoms with Gasteiger partial charge in [0.2, 0.25) is 0 Å². The number of likely N-dealkylation sites (tertiary alicyclic amines) is 1. The molecule has 10 heteroatoms. The number of carbonyl (C=O) groups is 2. The van der Waals surface area contributed by atoms with Gasteiger partial charge in [-0.2, -0.15) is 0 Å². The zero-order valence-corrected chi connectivity index (χ0v) is 24.7. The molecule has 3 aromatic rings. The Morgan fingerprint density at radius 3 is 2.43 bits per heavy atom. The number of aliphatic carboxylic acids is 1. The molecule has 1 saturated heterocycles. The molecule has 42 heavy (non-hydrogen) atoms. The molecule has 3 heterocycles. The van der Waals surface area contributed by atoms with E-state index in [1.54, 1.807) is 29.4 Å². The van der Waals surface area contributed by atoms with E-state index in [1.165, 1.54) is 22.9 Å². The van der Waals surface area contributed by atoms with E-state index in [2.05, 4.69) is 4.98 Å². The predicted molar refractivity (Wildman–Crippen MR) is 158 cm³/mol. The second-order valence-electron chi connectivity index (χ2n) is 11.4. The van der Waals surface area contributed by atoms with E-state index in [0.717, 1.165) is 17.5 Å². The number of hydrogen-bond donors (Lipinski definition) is 1. The molecular weight excluding hydrogens is 564 g/mol. The van der Waals surface area contributed by atoms with E-state index in [1.807, 2.05) is 32.9 Å². The average Bonchev–Trinajstić information content (AvgIpc) is 2.89. The van der Waals surface area contributed by atoms with Gasteiger partial charge in [0.1, 0.15) is 6.04 Å². The van der Waals surface area contributed by atoms with Crippen molar-refractivity contribution in [1.29, 1.82) is 0 Å².